The number of phenolic OH excluding ortho intramolecular Hbond substituents is 1. The predicted octanol–water partition coefficient (Wildman–Crippen LogP) is 5.34. The van der Waals surface area contributed by atoms with E-state index >= 15 is 0 Å². The molecule has 2 N–H and O–H groups in total. The van der Waals surface area contributed by atoms with Crippen LogP contribution in [0.15, 0.2) is 66.2 Å². The Bertz CT molecular complexity index is 1570. The van der Waals surface area contributed by atoms with E-state index < -0.39 is 17.7 Å². The summed E-state index contributed by atoms with van der Waals surface area (Å²) in [6, 6.07) is 16.0. The van der Waals surface area contributed by atoms with Gasteiger partial charge in [0.25, 0.3) is 5.78 Å². The third-order valence-corrected chi connectivity index (χ3v) is 7.14. The fourth-order valence-electron chi connectivity index (χ4n) is 4.39. The number of carbonyl (C=O) groups is 2. The van der Waals surface area contributed by atoms with Crippen molar-refractivity contribution >= 4 is 44.1 Å². The number of methoxy groups -OCH3 is 1. The number of aliphatic hydroxyl groups is 1. The molecule has 8 nitrogen and oxygen atoms in total. The fraction of sp³-hybridized carbons (Fsp3) is 0.179. The van der Waals surface area contributed by atoms with Gasteiger partial charge in [-0.1, -0.05) is 35.6 Å². The molecule has 0 saturated carbocycles. The average Bonchev–Trinajstić information content (AvgIpc) is 3.42. The molecule has 1 aliphatic rings. The summed E-state index contributed by atoms with van der Waals surface area (Å²) in [5, 5.41) is 21.9. The number of fused-ring (bicyclic) bond motifs is 1. The number of amides is 1. The lowest BCUT2D eigenvalue weighted by Gasteiger charge is -2.23. The van der Waals surface area contributed by atoms with E-state index in [0.717, 1.165) is 10.3 Å². The van der Waals surface area contributed by atoms with Gasteiger partial charge in [0, 0.05) is 5.56 Å². The van der Waals surface area contributed by atoms with Gasteiger partial charge >= 0.3 is 5.91 Å². The lowest BCUT2D eigenvalue weighted by atomic mass is 9.95. The van der Waals surface area contributed by atoms with E-state index in [1.54, 1.807) is 36.4 Å². The highest BCUT2D eigenvalue weighted by atomic mass is 32.1. The molecule has 4 aromatic rings. The molecule has 5 rings (SSSR count). The van der Waals surface area contributed by atoms with Gasteiger partial charge < -0.3 is 19.7 Å². The zero-order valence-corrected chi connectivity index (χ0v) is 21.2. The molecule has 0 spiro atoms. The Morgan fingerprint density at radius 3 is 2.68 bits per heavy atom. The van der Waals surface area contributed by atoms with Gasteiger partial charge in [-0.25, -0.2) is 4.98 Å². The average molecular weight is 517 g/mol. The molecule has 1 fully saturated rings. The van der Waals surface area contributed by atoms with Gasteiger partial charge in [-0.05, 0) is 61.4 Å². The number of rotatable bonds is 6. The third-order valence-electron chi connectivity index (χ3n) is 6.12. The van der Waals surface area contributed by atoms with E-state index in [1.807, 2.05) is 32.0 Å². The zero-order valence-electron chi connectivity index (χ0n) is 20.4. The number of phenols is 1. The molecule has 3 aromatic carbocycles. The molecule has 1 aliphatic heterocycles. The van der Waals surface area contributed by atoms with Gasteiger partial charge in [-0.15, -0.1) is 0 Å². The normalized spacial score (nSPS) is 16.9. The molecule has 1 unspecified atom stereocenters. The highest BCUT2D eigenvalue weighted by molar-refractivity contribution is 7.22. The molecule has 0 bridgehead atoms. The monoisotopic (exact) mass is 516 g/mol. The van der Waals surface area contributed by atoms with Crippen LogP contribution >= 0.6 is 11.3 Å². The number of hydrogen-bond acceptors (Lipinski definition) is 8. The number of anilines is 1. The van der Waals surface area contributed by atoms with Gasteiger partial charge in [-0.2, -0.15) is 0 Å². The van der Waals surface area contributed by atoms with Gasteiger partial charge in [-0.3, -0.25) is 14.5 Å². The Balaban J connectivity index is 1.73. The smallest absolute Gasteiger partial charge is 0.301 e. The second-order valence-electron chi connectivity index (χ2n) is 8.53. The number of nitrogens with zero attached hydrogens (tertiary/aromatic N) is 2. The molecule has 1 atom stereocenters. The molecule has 1 amide bonds. The van der Waals surface area contributed by atoms with Crippen LogP contribution < -0.4 is 14.4 Å². The second kappa shape index (κ2) is 9.59. The quantitative estimate of drug-likeness (QED) is 0.202. The number of carbonyl (C=O) groups excluding carboxylic acids is 2. The van der Waals surface area contributed by atoms with E-state index in [2.05, 4.69) is 4.98 Å². The van der Waals surface area contributed by atoms with Crippen molar-refractivity contribution in [3.8, 4) is 17.2 Å². The predicted molar refractivity (Wildman–Crippen MR) is 141 cm³/mol. The Morgan fingerprint density at radius 1 is 1.11 bits per heavy atom. The van der Waals surface area contributed by atoms with Crippen molar-refractivity contribution in [1.82, 2.24) is 4.98 Å². The number of aryl methyl sites for hydroxylation is 1. The molecule has 2 heterocycles. The molecule has 1 saturated heterocycles. The number of benzene rings is 3. The van der Waals surface area contributed by atoms with Gasteiger partial charge in [0.05, 0.1) is 35.5 Å². The van der Waals surface area contributed by atoms with E-state index in [-0.39, 0.29) is 22.8 Å². The van der Waals surface area contributed by atoms with Crippen LogP contribution in [0.25, 0.3) is 16.0 Å². The number of ketones is 1. The molecule has 0 aliphatic carbocycles. The SMILES string of the molecule is CCOc1cccc(/C(O)=C2\C(=O)C(=O)N(c3nc4ccc(C)cc4s3)C2c2ccc(O)c(OC)c2)c1. The van der Waals surface area contributed by atoms with Crippen molar-refractivity contribution in [1.29, 1.82) is 0 Å². The van der Waals surface area contributed by atoms with Crippen molar-refractivity contribution in [2.24, 2.45) is 0 Å². The summed E-state index contributed by atoms with van der Waals surface area (Å²) in [7, 11) is 1.41. The minimum Gasteiger partial charge on any atom is -0.507 e. The van der Waals surface area contributed by atoms with Crippen LogP contribution in [0.3, 0.4) is 0 Å². The van der Waals surface area contributed by atoms with Gasteiger partial charge in [0.2, 0.25) is 0 Å². The molecular weight excluding hydrogens is 492 g/mol. The van der Waals surface area contributed by atoms with Crippen molar-refractivity contribution in [3.05, 3.63) is 82.9 Å². The maximum atomic E-state index is 13.5. The van der Waals surface area contributed by atoms with Crippen molar-refractivity contribution in [2.75, 3.05) is 18.6 Å². The van der Waals surface area contributed by atoms with Crippen LogP contribution in [-0.4, -0.2) is 40.6 Å². The summed E-state index contributed by atoms with van der Waals surface area (Å²) >= 11 is 1.28. The summed E-state index contributed by atoms with van der Waals surface area (Å²) in [5.74, 6) is -1.40. The summed E-state index contributed by atoms with van der Waals surface area (Å²) in [6.07, 6.45) is 0. The van der Waals surface area contributed by atoms with Crippen molar-refractivity contribution in [3.63, 3.8) is 0 Å². The first kappa shape index (κ1) is 24.3. The molecule has 37 heavy (non-hydrogen) atoms. The Kier molecular flexibility index (Phi) is 6.31. The first-order chi connectivity index (χ1) is 17.8. The molecule has 1 aromatic heterocycles. The second-order valence-corrected chi connectivity index (χ2v) is 9.54. The maximum absolute atomic E-state index is 13.5. The van der Waals surface area contributed by atoms with Crippen LogP contribution in [0.1, 0.15) is 29.7 Å². The van der Waals surface area contributed by atoms with Crippen LogP contribution in [0.4, 0.5) is 5.13 Å². The highest BCUT2D eigenvalue weighted by Gasteiger charge is 2.48. The largest absolute Gasteiger partial charge is 0.507 e. The summed E-state index contributed by atoms with van der Waals surface area (Å²) in [5.41, 5.74) is 2.44. The number of aromatic nitrogens is 1. The summed E-state index contributed by atoms with van der Waals surface area (Å²) < 4.78 is 11.7. The molecule has 0 radical (unpaired) electrons. The van der Waals surface area contributed by atoms with E-state index in [9.17, 15) is 19.8 Å². The number of ether oxygens (including phenoxy) is 2. The highest BCUT2D eigenvalue weighted by Crippen LogP contribution is 2.46. The maximum Gasteiger partial charge on any atom is 0.301 e. The minimum absolute atomic E-state index is 0.0944. The lowest BCUT2D eigenvalue weighted by Crippen LogP contribution is -2.29. The first-order valence-corrected chi connectivity index (χ1v) is 12.4. The number of Topliss-reactive ketones (excluding diaryl/α,β-unsaturated/α-hetero) is 1. The summed E-state index contributed by atoms with van der Waals surface area (Å²) in [4.78, 5) is 32.8. The standard InChI is InChI=1S/C28H24N2O6S/c1-4-36-18-7-5-6-17(13-18)25(32)23-24(16-9-11-20(31)21(14-16)35-3)30(27(34)26(23)33)28-29-19-10-8-15(2)12-22(19)37-28/h5-14,24,31-32H,4H2,1-3H3/b25-23+. The van der Waals surface area contributed by atoms with Crippen molar-refractivity contribution in [2.45, 2.75) is 19.9 Å². The van der Waals surface area contributed by atoms with Gasteiger partial charge in [0.15, 0.2) is 16.6 Å². The number of aromatic hydroxyl groups is 1. The van der Waals surface area contributed by atoms with E-state index in [4.69, 9.17) is 9.47 Å². The Labute approximate surface area is 217 Å². The topological polar surface area (TPSA) is 109 Å². The number of thiazole rings is 1. The molecular formula is C28H24N2O6S. The lowest BCUT2D eigenvalue weighted by molar-refractivity contribution is -0.132. The van der Waals surface area contributed by atoms with Crippen molar-refractivity contribution < 1.29 is 29.3 Å². The third kappa shape index (κ3) is 4.27. The minimum atomic E-state index is -1.01. The van der Waals surface area contributed by atoms with Crippen LogP contribution in [-0.2, 0) is 9.59 Å². The zero-order chi connectivity index (χ0) is 26.3. The number of hydrogen-bond donors (Lipinski definition) is 2. The molecule has 9 heteroatoms. The Morgan fingerprint density at radius 2 is 1.92 bits per heavy atom. The van der Waals surface area contributed by atoms with E-state index in [0.29, 0.717) is 34.1 Å². The van der Waals surface area contributed by atoms with E-state index in [1.165, 1.54) is 29.4 Å². The Hall–Kier alpha value is -4.37. The fourth-order valence-corrected chi connectivity index (χ4v) is 5.48. The van der Waals surface area contributed by atoms with Crippen LogP contribution in [0.5, 0.6) is 17.2 Å². The first-order valence-electron chi connectivity index (χ1n) is 11.6. The summed E-state index contributed by atoms with van der Waals surface area (Å²) in [6.45, 7) is 4.24. The molecule has 188 valence electrons. The number of aliphatic hydroxyl groups excluding tert-OH is 1. The van der Waals surface area contributed by atoms with Crippen LogP contribution in [0.2, 0.25) is 0 Å². The van der Waals surface area contributed by atoms with Crippen LogP contribution in [0, 0.1) is 6.92 Å². The van der Waals surface area contributed by atoms with Gasteiger partial charge in [0.1, 0.15) is 11.5 Å².